The average Bonchev–Trinajstić information content (AvgIpc) is 2.28. The van der Waals surface area contributed by atoms with Gasteiger partial charge in [-0.2, -0.15) is 13.2 Å². The molecule has 0 fully saturated rings. The summed E-state index contributed by atoms with van der Waals surface area (Å²) >= 11 is 0. The predicted molar refractivity (Wildman–Crippen MR) is 63.2 cm³/mol. The van der Waals surface area contributed by atoms with Crippen LogP contribution in [0.3, 0.4) is 0 Å². The highest BCUT2D eigenvalue weighted by Crippen LogP contribution is 2.20. The summed E-state index contributed by atoms with van der Waals surface area (Å²) in [5, 5.41) is 8.74. The summed E-state index contributed by atoms with van der Waals surface area (Å²) in [5.41, 5.74) is 1.58. The van der Waals surface area contributed by atoms with Crippen LogP contribution < -0.4 is 4.72 Å². The molecule has 1 aromatic rings. The number of aliphatic hydroxyl groups is 1. The lowest BCUT2D eigenvalue weighted by Gasteiger charge is -2.15. The third-order valence-corrected chi connectivity index (χ3v) is 4.05. The van der Waals surface area contributed by atoms with Gasteiger partial charge in [-0.15, -0.1) is 0 Å². The first-order valence-electron chi connectivity index (χ1n) is 5.36. The highest BCUT2D eigenvalue weighted by Gasteiger charge is 2.38. The predicted octanol–water partition coefficient (Wildman–Crippen LogP) is 1.50. The van der Waals surface area contributed by atoms with Crippen molar-refractivity contribution in [2.45, 2.75) is 31.0 Å². The van der Waals surface area contributed by atoms with E-state index < -0.39 is 28.8 Å². The Kier molecular flexibility index (Phi) is 4.59. The van der Waals surface area contributed by atoms with Gasteiger partial charge in [-0.3, -0.25) is 0 Å². The van der Waals surface area contributed by atoms with Gasteiger partial charge in [0.05, 0.1) is 4.90 Å². The molecule has 0 aliphatic rings. The first-order chi connectivity index (χ1) is 8.54. The molecule has 4 nitrogen and oxygen atoms in total. The zero-order chi connectivity index (χ0) is 14.8. The molecule has 1 aromatic carbocycles. The molecule has 0 saturated carbocycles. The summed E-state index contributed by atoms with van der Waals surface area (Å²) in [5.74, 6) is 0. The number of rotatable bonds is 4. The minimum Gasteiger partial charge on any atom is -0.382 e. The lowest BCUT2D eigenvalue weighted by Crippen LogP contribution is -2.40. The summed E-state index contributed by atoms with van der Waals surface area (Å²) in [6.45, 7) is 2.37. The van der Waals surface area contributed by atoms with Crippen LogP contribution in [-0.4, -0.2) is 32.3 Å². The second kappa shape index (κ2) is 5.48. The minimum atomic E-state index is -4.86. The fourth-order valence-electron chi connectivity index (χ4n) is 1.27. The molecule has 0 aromatic heterocycles. The van der Waals surface area contributed by atoms with Gasteiger partial charge in [-0.1, -0.05) is 6.07 Å². The van der Waals surface area contributed by atoms with Crippen molar-refractivity contribution in [1.29, 1.82) is 0 Å². The maximum Gasteiger partial charge on any atom is 0.415 e. The molecular weight excluding hydrogens is 283 g/mol. The Balaban J connectivity index is 2.85. The van der Waals surface area contributed by atoms with Crippen molar-refractivity contribution in [1.82, 2.24) is 4.72 Å². The van der Waals surface area contributed by atoms with Crippen LogP contribution in [-0.2, 0) is 10.0 Å². The number of nitrogens with one attached hydrogen (secondary N) is 1. The molecule has 0 radical (unpaired) electrons. The molecule has 0 aliphatic heterocycles. The fourth-order valence-corrected chi connectivity index (χ4v) is 2.39. The quantitative estimate of drug-likeness (QED) is 0.885. The van der Waals surface area contributed by atoms with E-state index in [0.717, 1.165) is 5.56 Å². The number of halogens is 3. The Morgan fingerprint density at radius 3 is 2.32 bits per heavy atom. The molecule has 0 bridgehead atoms. The molecule has 1 rings (SSSR count). The van der Waals surface area contributed by atoms with Crippen LogP contribution in [0, 0.1) is 13.8 Å². The molecule has 0 aliphatic carbocycles. The third-order valence-electron chi connectivity index (χ3n) is 2.63. The largest absolute Gasteiger partial charge is 0.415 e. The lowest BCUT2D eigenvalue weighted by atomic mass is 10.1. The number of sulfonamides is 1. The van der Waals surface area contributed by atoms with Crippen molar-refractivity contribution >= 4 is 10.0 Å². The van der Waals surface area contributed by atoms with E-state index in [2.05, 4.69) is 0 Å². The van der Waals surface area contributed by atoms with E-state index in [1.54, 1.807) is 24.6 Å². The third kappa shape index (κ3) is 4.19. The molecule has 8 heteroatoms. The summed E-state index contributed by atoms with van der Waals surface area (Å²) in [6, 6.07) is 4.21. The van der Waals surface area contributed by atoms with Gasteiger partial charge in [0, 0.05) is 6.54 Å². The van der Waals surface area contributed by atoms with Crippen LogP contribution in [0.25, 0.3) is 0 Å². The van der Waals surface area contributed by atoms with Crippen LogP contribution >= 0.6 is 0 Å². The zero-order valence-electron chi connectivity index (χ0n) is 10.3. The van der Waals surface area contributed by atoms with Crippen LogP contribution in [0.15, 0.2) is 23.1 Å². The Hall–Kier alpha value is -1.12. The molecule has 1 unspecified atom stereocenters. The SMILES string of the molecule is Cc1ccc(S(=O)(=O)NCC(O)C(F)(F)F)cc1C. The smallest absolute Gasteiger partial charge is 0.382 e. The van der Waals surface area contributed by atoms with Crippen molar-refractivity contribution in [2.24, 2.45) is 0 Å². The van der Waals surface area contributed by atoms with Gasteiger partial charge in [0.1, 0.15) is 0 Å². The van der Waals surface area contributed by atoms with E-state index in [9.17, 15) is 21.6 Å². The maximum absolute atomic E-state index is 12.1. The number of alkyl halides is 3. The van der Waals surface area contributed by atoms with Gasteiger partial charge < -0.3 is 5.11 Å². The number of aryl methyl sites for hydroxylation is 2. The van der Waals surface area contributed by atoms with E-state index in [-0.39, 0.29) is 4.90 Å². The minimum absolute atomic E-state index is 0.134. The van der Waals surface area contributed by atoms with Gasteiger partial charge in [0.15, 0.2) is 6.10 Å². The highest BCUT2D eigenvalue weighted by atomic mass is 32.2. The van der Waals surface area contributed by atoms with Gasteiger partial charge in [-0.25, -0.2) is 13.1 Å². The number of benzene rings is 1. The van der Waals surface area contributed by atoms with Crippen LogP contribution in [0.4, 0.5) is 13.2 Å². The Bertz CT molecular complexity index is 555. The molecule has 0 amide bonds. The fraction of sp³-hybridized carbons (Fsp3) is 0.455. The normalized spacial score (nSPS) is 14.4. The van der Waals surface area contributed by atoms with E-state index in [0.29, 0.717) is 5.56 Å². The standard InChI is InChI=1S/C11H14F3NO3S/c1-7-3-4-9(5-8(7)2)19(17,18)15-6-10(16)11(12,13)14/h3-5,10,15-16H,6H2,1-2H3. The number of aliphatic hydroxyl groups excluding tert-OH is 1. The second-order valence-electron chi connectivity index (χ2n) is 4.16. The van der Waals surface area contributed by atoms with Crippen LogP contribution in [0.2, 0.25) is 0 Å². The van der Waals surface area contributed by atoms with Crippen molar-refractivity contribution in [3.05, 3.63) is 29.3 Å². The average molecular weight is 297 g/mol. The van der Waals surface area contributed by atoms with Crippen molar-refractivity contribution < 1.29 is 26.7 Å². The molecule has 1 atom stereocenters. The molecule has 0 saturated heterocycles. The molecule has 0 heterocycles. The van der Waals surface area contributed by atoms with Gasteiger partial charge in [0.25, 0.3) is 0 Å². The Morgan fingerprint density at radius 2 is 1.84 bits per heavy atom. The highest BCUT2D eigenvalue weighted by molar-refractivity contribution is 7.89. The van der Waals surface area contributed by atoms with Crippen LogP contribution in [0.5, 0.6) is 0 Å². The second-order valence-corrected chi connectivity index (χ2v) is 5.92. The van der Waals surface area contributed by atoms with Gasteiger partial charge >= 0.3 is 6.18 Å². The van der Waals surface area contributed by atoms with E-state index in [4.69, 9.17) is 5.11 Å². The Morgan fingerprint density at radius 1 is 1.26 bits per heavy atom. The molecule has 108 valence electrons. The van der Waals surface area contributed by atoms with Crippen LogP contribution in [0.1, 0.15) is 11.1 Å². The summed E-state index contributed by atoms with van der Waals surface area (Å²) < 4.78 is 61.4. The van der Waals surface area contributed by atoms with Gasteiger partial charge in [0.2, 0.25) is 10.0 Å². The van der Waals surface area contributed by atoms with E-state index >= 15 is 0 Å². The van der Waals surface area contributed by atoms with E-state index in [1.807, 2.05) is 0 Å². The Labute approximate surface area is 109 Å². The number of hydrogen-bond donors (Lipinski definition) is 2. The van der Waals surface area contributed by atoms with Crippen molar-refractivity contribution in [2.75, 3.05) is 6.54 Å². The lowest BCUT2D eigenvalue weighted by molar-refractivity contribution is -0.200. The zero-order valence-corrected chi connectivity index (χ0v) is 11.1. The van der Waals surface area contributed by atoms with Crippen molar-refractivity contribution in [3.8, 4) is 0 Å². The maximum atomic E-state index is 12.1. The van der Waals surface area contributed by atoms with E-state index in [1.165, 1.54) is 12.1 Å². The molecule has 19 heavy (non-hydrogen) atoms. The topological polar surface area (TPSA) is 66.4 Å². The molecule has 0 spiro atoms. The first kappa shape index (κ1) is 15.9. The summed E-state index contributed by atoms with van der Waals surface area (Å²) in [7, 11) is -4.06. The number of hydrogen-bond acceptors (Lipinski definition) is 3. The monoisotopic (exact) mass is 297 g/mol. The van der Waals surface area contributed by atoms with Crippen molar-refractivity contribution in [3.63, 3.8) is 0 Å². The first-order valence-corrected chi connectivity index (χ1v) is 6.84. The summed E-state index contributed by atoms with van der Waals surface area (Å²) in [4.78, 5) is -0.134. The summed E-state index contributed by atoms with van der Waals surface area (Å²) in [6.07, 6.45) is -7.58. The van der Waals surface area contributed by atoms with Gasteiger partial charge in [-0.05, 0) is 37.1 Å². The molecule has 2 N–H and O–H groups in total. The molecular formula is C11H14F3NO3S.